The normalized spacial score (nSPS) is 14.3. The molecule has 2 rings (SSSR count). The lowest BCUT2D eigenvalue weighted by molar-refractivity contribution is -0.137. The molecule has 1 aromatic rings. The van der Waals surface area contributed by atoms with Crippen LogP contribution in [0.5, 0.6) is 5.75 Å². The van der Waals surface area contributed by atoms with E-state index in [1.165, 1.54) is 18.3 Å². The number of aromatic nitrogens is 1. The second-order valence-electron chi connectivity index (χ2n) is 4.58. The number of nitrogens with zero attached hydrogens (tertiary/aromatic N) is 2. The van der Waals surface area contributed by atoms with Crippen LogP contribution < -0.4 is 10.3 Å². The summed E-state index contributed by atoms with van der Waals surface area (Å²) in [6.45, 7) is 0.808. The van der Waals surface area contributed by atoms with Gasteiger partial charge in [0, 0.05) is 19.3 Å². The summed E-state index contributed by atoms with van der Waals surface area (Å²) in [7, 11) is 0. The topological polar surface area (TPSA) is 88.8 Å². The average molecular weight is 280 g/mol. The van der Waals surface area contributed by atoms with Gasteiger partial charge in [0.2, 0.25) is 0 Å². The van der Waals surface area contributed by atoms with Crippen molar-refractivity contribution >= 4 is 11.9 Å². The van der Waals surface area contributed by atoms with Crippen molar-refractivity contribution in [3.8, 4) is 5.75 Å². The van der Waals surface area contributed by atoms with Crippen molar-refractivity contribution in [2.45, 2.75) is 19.4 Å². The molecular weight excluding hydrogens is 264 g/mol. The molecule has 0 aliphatic carbocycles. The minimum atomic E-state index is -1.11. The van der Waals surface area contributed by atoms with Gasteiger partial charge >= 0.3 is 5.97 Å². The molecule has 7 heteroatoms. The van der Waals surface area contributed by atoms with Crippen LogP contribution in [0.15, 0.2) is 23.1 Å². The number of carbonyl (C=O) groups excluding carboxylic acids is 1. The van der Waals surface area contributed by atoms with E-state index in [4.69, 9.17) is 9.84 Å². The van der Waals surface area contributed by atoms with Crippen molar-refractivity contribution in [2.24, 2.45) is 0 Å². The highest BCUT2D eigenvalue weighted by molar-refractivity contribution is 5.78. The quantitative estimate of drug-likeness (QED) is 0.816. The third kappa shape index (κ3) is 3.37. The van der Waals surface area contributed by atoms with Gasteiger partial charge in [-0.05, 0) is 25.0 Å². The third-order valence-electron chi connectivity index (χ3n) is 3.10. The van der Waals surface area contributed by atoms with Gasteiger partial charge in [-0.25, -0.2) is 0 Å². The number of amides is 1. The number of hydrogen-bond acceptors (Lipinski definition) is 4. The number of carboxylic acids is 1. The molecule has 2 heterocycles. The Morgan fingerprint density at radius 1 is 1.30 bits per heavy atom. The van der Waals surface area contributed by atoms with Gasteiger partial charge in [0.25, 0.3) is 11.5 Å². The molecule has 7 nitrogen and oxygen atoms in total. The number of aliphatic carboxylic acids is 1. The van der Waals surface area contributed by atoms with Crippen molar-refractivity contribution in [3.05, 3.63) is 28.7 Å². The second kappa shape index (κ2) is 6.23. The molecule has 1 saturated heterocycles. The first-order valence-electron chi connectivity index (χ1n) is 6.40. The Morgan fingerprint density at radius 2 is 2.00 bits per heavy atom. The van der Waals surface area contributed by atoms with Crippen LogP contribution in [0.25, 0.3) is 0 Å². The number of carbonyl (C=O) groups is 2. The molecule has 0 bridgehead atoms. The Kier molecular flexibility index (Phi) is 4.39. The summed E-state index contributed by atoms with van der Waals surface area (Å²) in [6.07, 6.45) is 3.34. The van der Waals surface area contributed by atoms with Crippen LogP contribution in [0.3, 0.4) is 0 Å². The first-order valence-corrected chi connectivity index (χ1v) is 6.40. The van der Waals surface area contributed by atoms with Crippen LogP contribution in [-0.4, -0.2) is 46.1 Å². The van der Waals surface area contributed by atoms with Crippen LogP contribution >= 0.6 is 0 Å². The molecule has 20 heavy (non-hydrogen) atoms. The standard InChI is InChI=1S/C13H16N2O5/c16-11(14-5-1-2-6-14)9-20-10-4-3-7-15(13(10)19)8-12(17)18/h3-4,7H,1-2,5-6,8-9H2,(H,17,18). The van der Waals surface area contributed by atoms with E-state index in [0.717, 1.165) is 30.5 Å². The largest absolute Gasteiger partial charge is 0.480 e. The summed E-state index contributed by atoms with van der Waals surface area (Å²) in [5, 5.41) is 8.68. The van der Waals surface area contributed by atoms with Gasteiger partial charge in [-0.2, -0.15) is 0 Å². The summed E-state index contributed by atoms with van der Waals surface area (Å²) in [5.74, 6) is -1.28. The van der Waals surface area contributed by atoms with E-state index in [9.17, 15) is 14.4 Å². The molecule has 108 valence electrons. The van der Waals surface area contributed by atoms with Gasteiger partial charge in [0.05, 0.1) is 0 Å². The zero-order valence-corrected chi connectivity index (χ0v) is 10.9. The lowest BCUT2D eigenvalue weighted by Gasteiger charge is -2.15. The smallest absolute Gasteiger partial charge is 0.323 e. The Hall–Kier alpha value is -2.31. The minimum absolute atomic E-state index is 0.0127. The van der Waals surface area contributed by atoms with Crippen molar-refractivity contribution in [2.75, 3.05) is 19.7 Å². The predicted octanol–water partition coefficient (Wildman–Crippen LogP) is -0.0659. The summed E-state index contributed by atoms with van der Waals surface area (Å²) in [6, 6.07) is 2.94. The number of hydrogen-bond donors (Lipinski definition) is 1. The average Bonchev–Trinajstić information content (AvgIpc) is 2.93. The summed E-state index contributed by atoms with van der Waals surface area (Å²) in [5.41, 5.74) is -0.552. The fraction of sp³-hybridized carbons (Fsp3) is 0.462. The van der Waals surface area contributed by atoms with Gasteiger partial charge in [0.15, 0.2) is 12.4 Å². The van der Waals surface area contributed by atoms with E-state index in [1.54, 1.807) is 4.90 Å². The highest BCUT2D eigenvalue weighted by Crippen LogP contribution is 2.08. The lowest BCUT2D eigenvalue weighted by atomic mass is 10.4. The monoisotopic (exact) mass is 280 g/mol. The van der Waals surface area contributed by atoms with Crippen LogP contribution in [0.2, 0.25) is 0 Å². The Bertz CT molecular complexity index is 560. The Labute approximate surface area is 115 Å². The maximum atomic E-state index is 11.9. The summed E-state index contributed by atoms with van der Waals surface area (Å²) >= 11 is 0. The highest BCUT2D eigenvalue weighted by atomic mass is 16.5. The molecule has 1 N–H and O–H groups in total. The molecule has 0 atom stereocenters. The number of ether oxygens (including phenoxy) is 1. The Balaban J connectivity index is 2.00. The number of pyridine rings is 1. The molecule has 1 fully saturated rings. The molecular formula is C13H16N2O5. The number of likely N-dealkylation sites (tertiary alicyclic amines) is 1. The highest BCUT2D eigenvalue weighted by Gasteiger charge is 2.18. The Morgan fingerprint density at radius 3 is 2.65 bits per heavy atom. The van der Waals surface area contributed by atoms with Gasteiger partial charge in [-0.3, -0.25) is 14.4 Å². The second-order valence-corrected chi connectivity index (χ2v) is 4.58. The lowest BCUT2D eigenvalue weighted by Crippen LogP contribution is -2.33. The molecule has 0 radical (unpaired) electrons. The van der Waals surface area contributed by atoms with E-state index in [-0.39, 0.29) is 18.3 Å². The maximum Gasteiger partial charge on any atom is 0.323 e. The van der Waals surface area contributed by atoms with E-state index >= 15 is 0 Å². The van der Waals surface area contributed by atoms with E-state index in [0.29, 0.717) is 0 Å². The fourth-order valence-electron chi connectivity index (χ4n) is 2.09. The predicted molar refractivity (Wildman–Crippen MR) is 69.6 cm³/mol. The van der Waals surface area contributed by atoms with Crippen molar-refractivity contribution in [1.29, 1.82) is 0 Å². The zero-order valence-electron chi connectivity index (χ0n) is 10.9. The molecule has 0 spiro atoms. The summed E-state index contributed by atoms with van der Waals surface area (Å²) < 4.78 is 6.24. The molecule has 1 aliphatic heterocycles. The molecule has 0 unspecified atom stereocenters. The molecule has 0 aromatic carbocycles. The van der Waals surface area contributed by atoms with Crippen molar-refractivity contribution in [3.63, 3.8) is 0 Å². The van der Waals surface area contributed by atoms with Crippen molar-refractivity contribution < 1.29 is 19.4 Å². The molecule has 0 saturated carbocycles. The number of carboxylic acid groups (broad SMARTS) is 1. The van der Waals surface area contributed by atoms with Gasteiger partial charge in [-0.15, -0.1) is 0 Å². The zero-order chi connectivity index (χ0) is 14.5. The maximum absolute atomic E-state index is 11.9. The van der Waals surface area contributed by atoms with Crippen LogP contribution in [0.1, 0.15) is 12.8 Å². The molecule has 1 aromatic heterocycles. The molecule has 1 aliphatic rings. The first-order chi connectivity index (χ1) is 9.58. The van der Waals surface area contributed by atoms with Crippen LogP contribution in [-0.2, 0) is 16.1 Å². The number of rotatable bonds is 5. The van der Waals surface area contributed by atoms with Crippen molar-refractivity contribution in [1.82, 2.24) is 9.47 Å². The molecule has 1 amide bonds. The van der Waals surface area contributed by atoms with E-state index < -0.39 is 18.1 Å². The van der Waals surface area contributed by atoms with Crippen LogP contribution in [0, 0.1) is 0 Å². The minimum Gasteiger partial charge on any atom is -0.480 e. The fourth-order valence-corrected chi connectivity index (χ4v) is 2.09. The SMILES string of the molecule is O=C(O)Cn1cccc(OCC(=O)N2CCCC2)c1=O. The van der Waals surface area contributed by atoms with Gasteiger partial charge < -0.3 is 19.3 Å². The van der Waals surface area contributed by atoms with E-state index in [2.05, 4.69) is 0 Å². The van der Waals surface area contributed by atoms with Gasteiger partial charge in [0.1, 0.15) is 6.54 Å². The third-order valence-corrected chi connectivity index (χ3v) is 3.10. The van der Waals surface area contributed by atoms with E-state index in [1.807, 2.05) is 0 Å². The summed E-state index contributed by atoms with van der Waals surface area (Å²) in [4.78, 5) is 36.0. The van der Waals surface area contributed by atoms with Gasteiger partial charge in [-0.1, -0.05) is 0 Å². The first kappa shape index (κ1) is 14.1. The van der Waals surface area contributed by atoms with Crippen LogP contribution in [0.4, 0.5) is 0 Å².